The number of carbonyl (C=O) groups is 1. The number of esters is 1. The van der Waals surface area contributed by atoms with Crippen molar-refractivity contribution in [1.82, 2.24) is 0 Å². The maximum Gasteiger partial charge on any atom is 0.334 e. The van der Waals surface area contributed by atoms with E-state index in [0.29, 0.717) is 0 Å². The fourth-order valence-corrected chi connectivity index (χ4v) is 1.86. The molecule has 0 aromatic rings. The first-order valence-electron chi connectivity index (χ1n) is 3.68. The summed E-state index contributed by atoms with van der Waals surface area (Å²) >= 11 is 3.43. The summed E-state index contributed by atoms with van der Waals surface area (Å²) in [6, 6.07) is 0. The fraction of sp³-hybridized carbons (Fsp3) is 0.625. The minimum Gasteiger partial charge on any atom is -0.466 e. The third kappa shape index (κ3) is 2.06. The molecule has 0 fully saturated rings. The van der Waals surface area contributed by atoms with E-state index in [4.69, 9.17) is 0 Å². The van der Waals surface area contributed by atoms with E-state index in [9.17, 15) is 4.79 Å². The summed E-state index contributed by atoms with van der Waals surface area (Å²) in [5.41, 5.74) is 0.777. The summed E-state index contributed by atoms with van der Waals surface area (Å²) in [5.74, 6) is -0.202. The van der Waals surface area contributed by atoms with E-state index >= 15 is 0 Å². The average molecular weight is 219 g/mol. The molecule has 0 radical (unpaired) electrons. The van der Waals surface area contributed by atoms with Crippen molar-refractivity contribution < 1.29 is 9.53 Å². The van der Waals surface area contributed by atoms with Crippen LogP contribution in [0, 0.1) is 0 Å². The maximum absolute atomic E-state index is 11.1. The molecule has 62 valence electrons. The summed E-state index contributed by atoms with van der Waals surface area (Å²) in [6.07, 6.45) is 5.12. The summed E-state index contributed by atoms with van der Waals surface area (Å²) in [5, 5.41) is 0. The SMILES string of the molecule is COC(=O)C1=CCCCC1Br. The number of carbonyl (C=O) groups excluding carboxylic acids is 1. The van der Waals surface area contributed by atoms with Crippen molar-refractivity contribution >= 4 is 21.9 Å². The van der Waals surface area contributed by atoms with E-state index in [0.717, 1.165) is 24.8 Å². The van der Waals surface area contributed by atoms with Gasteiger partial charge in [-0.05, 0) is 19.3 Å². The molecule has 0 amide bonds. The van der Waals surface area contributed by atoms with Gasteiger partial charge in [0.25, 0.3) is 0 Å². The Labute approximate surface area is 74.7 Å². The molecule has 1 rings (SSSR count). The summed E-state index contributed by atoms with van der Waals surface area (Å²) in [7, 11) is 1.41. The molecule has 0 spiro atoms. The molecule has 3 heteroatoms. The Balaban J connectivity index is 2.67. The number of rotatable bonds is 1. The third-order valence-electron chi connectivity index (χ3n) is 1.78. The molecule has 0 aromatic carbocycles. The standard InChI is InChI=1S/C8H11BrO2/c1-11-8(10)6-4-2-3-5-7(6)9/h4,7H,2-3,5H2,1H3. The molecule has 0 bridgehead atoms. The van der Waals surface area contributed by atoms with Crippen LogP contribution in [0.4, 0.5) is 0 Å². The molecule has 0 aliphatic heterocycles. The molecule has 0 aromatic heterocycles. The Morgan fingerprint density at radius 1 is 1.82 bits per heavy atom. The second-order valence-corrected chi connectivity index (χ2v) is 3.65. The largest absolute Gasteiger partial charge is 0.466 e. The molecular weight excluding hydrogens is 208 g/mol. The third-order valence-corrected chi connectivity index (χ3v) is 2.74. The Morgan fingerprint density at radius 3 is 3.09 bits per heavy atom. The van der Waals surface area contributed by atoms with E-state index < -0.39 is 0 Å². The van der Waals surface area contributed by atoms with Gasteiger partial charge in [-0.25, -0.2) is 4.79 Å². The summed E-state index contributed by atoms with van der Waals surface area (Å²) in [4.78, 5) is 11.3. The minimum absolute atomic E-state index is 0.198. The van der Waals surface area contributed by atoms with Crippen LogP contribution in [0.1, 0.15) is 19.3 Å². The van der Waals surface area contributed by atoms with Crippen molar-refractivity contribution in [2.45, 2.75) is 24.1 Å². The van der Waals surface area contributed by atoms with Gasteiger partial charge in [0, 0.05) is 10.4 Å². The van der Waals surface area contributed by atoms with Gasteiger partial charge >= 0.3 is 5.97 Å². The monoisotopic (exact) mass is 218 g/mol. The first-order chi connectivity index (χ1) is 5.25. The van der Waals surface area contributed by atoms with Gasteiger partial charge in [-0.15, -0.1) is 0 Å². The molecule has 0 saturated heterocycles. The first kappa shape index (κ1) is 8.78. The zero-order chi connectivity index (χ0) is 8.27. The lowest BCUT2D eigenvalue weighted by Gasteiger charge is -2.16. The van der Waals surface area contributed by atoms with Crippen molar-refractivity contribution in [3.05, 3.63) is 11.6 Å². The zero-order valence-corrected chi connectivity index (χ0v) is 8.06. The normalized spacial score (nSPS) is 24.2. The van der Waals surface area contributed by atoms with E-state index in [-0.39, 0.29) is 10.8 Å². The number of methoxy groups -OCH3 is 1. The Hall–Kier alpha value is -0.310. The number of hydrogen-bond donors (Lipinski definition) is 0. The van der Waals surface area contributed by atoms with Crippen LogP contribution in [-0.4, -0.2) is 17.9 Å². The second-order valence-electron chi connectivity index (χ2n) is 2.55. The van der Waals surface area contributed by atoms with Crippen LogP contribution in [0.5, 0.6) is 0 Å². The van der Waals surface area contributed by atoms with Crippen LogP contribution in [-0.2, 0) is 9.53 Å². The van der Waals surface area contributed by atoms with Crippen molar-refractivity contribution in [1.29, 1.82) is 0 Å². The van der Waals surface area contributed by atoms with Gasteiger partial charge in [0.05, 0.1) is 7.11 Å². The average Bonchev–Trinajstić information content (AvgIpc) is 2.04. The van der Waals surface area contributed by atoms with Crippen LogP contribution < -0.4 is 0 Å². The summed E-state index contributed by atoms with van der Waals surface area (Å²) < 4.78 is 4.62. The highest BCUT2D eigenvalue weighted by Crippen LogP contribution is 2.25. The van der Waals surface area contributed by atoms with Crippen molar-refractivity contribution in [2.75, 3.05) is 7.11 Å². The van der Waals surface area contributed by atoms with Crippen LogP contribution in [0.15, 0.2) is 11.6 Å². The molecule has 1 aliphatic carbocycles. The topological polar surface area (TPSA) is 26.3 Å². The molecule has 1 aliphatic rings. The molecule has 0 N–H and O–H groups in total. The molecule has 1 atom stereocenters. The van der Waals surface area contributed by atoms with E-state index in [1.54, 1.807) is 0 Å². The zero-order valence-electron chi connectivity index (χ0n) is 6.47. The van der Waals surface area contributed by atoms with Gasteiger partial charge in [0.1, 0.15) is 0 Å². The molecule has 1 unspecified atom stereocenters. The lowest BCUT2D eigenvalue weighted by atomic mass is 10.00. The van der Waals surface area contributed by atoms with Gasteiger partial charge < -0.3 is 4.74 Å². The van der Waals surface area contributed by atoms with Crippen LogP contribution in [0.2, 0.25) is 0 Å². The van der Waals surface area contributed by atoms with E-state index in [1.165, 1.54) is 7.11 Å². The highest BCUT2D eigenvalue weighted by atomic mass is 79.9. The van der Waals surface area contributed by atoms with E-state index in [1.807, 2.05) is 6.08 Å². The number of ether oxygens (including phenoxy) is 1. The number of halogens is 1. The Kier molecular flexibility index (Phi) is 3.12. The van der Waals surface area contributed by atoms with Crippen molar-refractivity contribution in [3.8, 4) is 0 Å². The van der Waals surface area contributed by atoms with Gasteiger partial charge in [-0.1, -0.05) is 22.0 Å². The minimum atomic E-state index is -0.202. The smallest absolute Gasteiger partial charge is 0.334 e. The molecular formula is C8H11BrO2. The Morgan fingerprint density at radius 2 is 2.55 bits per heavy atom. The van der Waals surface area contributed by atoms with Gasteiger partial charge in [0.15, 0.2) is 0 Å². The Bertz CT molecular complexity index is 187. The van der Waals surface area contributed by atoms with Gasteiger partial charge in [-0.2, -0.15) is 0 Å². The van der Waals surface area contributed by atoms with E-state index in [2.05, 4.69) is 20.7 Å². The number of allylic oxidation sites excluding steroid dienone is 1. The lowest BCUT2D eigenvalue weighted by molar-refractivity contribution is -0.136. The van der Waals surface area contributed by atoms with Gasteiger partial charge in [-0.3, -0.25) is 0 Å². The molecule has 0 saturated carbocycles. The molecule has 2 nitrogen and oxygen atoms in total. The number of hydrogen-bond acceptors (Lipinski definition) is 2. The number of alkyl halides is 1. The lowest BCUT2D eigenvalue weighted by Crippen LogP contribution is -2.17. The van der Waals surface area contributed by atoms with Crippen LogP contribution in [0.25, 0.3) is 0 Å². The predicted octanol–water partition coefficient (Wildman–Crippen LogP) is 2.03. The second kappa shape index (κ2) is 3.90. The maximum atomic E-state index is 11.1. The first-order valence-corrected chi connectivity index (χ1v) is 4.59. The fourth-order valence-electron chi connectivity index (χ4n) is 1.17. The van der Waals surface area contributed by atoms with Crippen LogP contribution >= 0.6 is 15.9 Å². The van der Waals surface area contributed by atoms with Crippen molar-refractivity contribution in [3.63, 3.8) is 0 Å². The molecule has 11 heavy (non-hydrogen) atoms. The van der Waals surface area contributed by atoms with Crippen LogP contribution in [0.3, 0.4) is 0 Å². The highest BCUT2D eigenvalue weighted by Gasteiger charge is 2.20. The van der Waals surface area contributed by atoms with Gasteiger partial charge in [0.2, 0.25) is 0 Å². The predicted molar refractivity (Wildman–Crippen MR) is 46.7 cm³/mol. The summed E-state index contributed by atoms with van der Waals surface area (Å²) in [6.45, 7) is 0. The quantitative estimate of drug-likeness (QED) is 0.498. The van der Waals surface area contributed by atoms with Crippen molar-refractivity contribution in [2.24, 2.45) is 0 Å². The highest BCUT2D eigenvalue weighted by molar-refractivity contribution is 9.09. The molecule has 0 heterocycles.